The van der Waals surface area contributed by atoms with Crippen LogP contribution in [0.15, 0.2) is 11.6 Å². The Morgan fingerprint density at radius 3 is 2.12 bits per heavy atom. The Labute approximate surface area is 104 Å². The first-order valence-electron chi connectivity index (χ1n) is 7.62. The molecule has 0 aromatic carbocycles. The van der Waals surface area contributed by atoms with E-state index >= 15 is 0 Å². The summed E-state index contributed by atoms with van der Waals surface area (Å²) in [4.78, 5) is 0. The molecule has 94 valence electrons. The van der Waals surface area contributed by atoms with Gasteiger partial charge in [0.05, 0.1) is 6.10 Å². The third kappa shape index (κ3) is 1.54. The van der Waals surface area contributed by atoms with Crippen LogP contribution >= 0.6 is 0 Å². The third-order valence-electron chi connectivity index (χ3n) is 6.09. The Hall–Kier alpha value is -0.300. The van der Waals surface area contributed by atoms with Crippen LogP contribution in [0.2, 0.25) is 0 Å². The van der Waals surface area contributed by atoms with Crippen molar-refractivity contribution in [1.29, 1.82) is 0 Å². The lowest BCUT2D eigenvalue weighted by atomic mass is 9.47. The minimum atomic E-state index is -0.0848. The molecule has 17 heavy (non-hydrogen) atoms. The molecule has 0 amide bonds. The maximum Gasteiger partial charge on any atom is 0.0806 e. The van der Waals surface area contributed by atoms with E-state index in [0.717, 1.165) is 17.8 Å². The van der Waals surface area contributed by atoms with Gasteiger partial charge in [-0.25, -0.2) is 0 Å². The summed E-state index contributed by atoms with van der Waals surface area (Å²) in [6.45, 7) is 0. The Morgan fingerprint density at radius 2 is 1.65 bits per heavy atom. The first-order chi connectivity index (χ1) is 8.25. The van der Waals surface area contributed by atoms with E-state index < -0.39 is 0 Å². The van der Waals surface area contributed by atoms with Gasteiger partial charge >= 0.3 is 0 Å². The van der Waals surface area contributed by atoms with Crippen LogP contribution in [0.1, 0.15) is 57.8 Å². The van der Waals surface area contributed by atoms with Gasteiger partial charge in [-0.2, -0.15) is 0 Å². The van der Waals surface area contributed by atoms with Crippen LogP contribution in [-0.2, 0) is 0 Å². The molecule has 0 aromatic rings. The molecule has 0 spiro atoms. The van der Waals surface area contributed by atoms with Crippen molar-refractivity contribution in [3.8, 4) is 0 Å². The van der Waals surface area contributed by atoms with Crippen LogP contribution in [-0.4, -0.2) is 11.2 Å². The maximum atomic E-state index is 10.8. The van der Waals surface area contributed by atoms with Crippen molar-refractivity contribution in [3.63, 3.8) is 0 Å². The smallest absolute Gasteiger partial charge is 0.0806 e. The summed E-state index contributed by atoms with van der Waals surface area (Å²) in [6, 6.07) is 0. The van der Waals surface area contributed by atoms with Gasteiger partial charge < -0.3 is 5.11 Å². The SMILES string of the molecule is OC(C1=CCCC1)C12CC3CC(CC(C3)C1)C2. The molecule has 0 saturated heterocycles. The number of aliphatic hydroxyl groups excluding tert-OH is 1. The number of hydrogen-bond acceptors (Lipinski definition) is 1. The van der Waals surface area contributed by atoms with Crippen molar-refractivity contribution >= 4 is 0 Å². The van der Waals surface area contributed by atoms with Crippen LogP contribution in [0.4, 0.5) is 0 Å². The monoisotopic (exact) mass is 232 g/mol. The van der Waals surface area contributed by atoms with Crippen molar-refractivity contribution in [2.24, 2.45) is 23.2 Å². The summed E-state index contributed by atoms with van der Waals surface area (Å²) >= 11 is 0. The highest BCUT2D eigenvalue weighted by Gasteiger charge is 2.54. The second-order valence-electron chi connectivity index (χ2n) is 7.35. The molecular weight excluding hydrogens is 208 g/mol. The topological polar surface area (TPSA) is 20.2 Å². The fourth-order valence-corrected chi connectivity index (χ4v) is 5.85. The van der Waals surface area contributed by atoms with E-state index in [9.17, 15) is 5.11 Å². The normalized spacial score (nSPS) is 49.5. The second-order valence-corrected chi connectivity index (χ2v) is 7.35. The number of aliphatic hydroxyl groups is 1. The van der Waals surface area contributed by atoms with Crippen molar-refractivity contribution in [3.05, 3.63) is 11.6 Å². The molecule has 5 aliphatic carbocycles. The molecule has 4 saturated carbocycles. The highest BCUT2D eigenvalue weighted by Crippen LogP contribution is 2.62. The molecule has 1 atom stereocenters. The Morgan fingerprint density at radius 1 is 1.06 bits per heavy atom. The highest BCUT2D eigenvalue weighted by atomic mass is 16.3. The largest absolute Gasteiger partial charge is 0.388 e. The third-order valence-corrected chi connectivity index (χ3v) is 6.09. The minimum Gasteiger partial charge on any atom is -0.388 e. The van der Waals surface area contributed by atoms with Gasteiger partial charge in [0.2, 0.25) is 0 Å². The van der Waals surface area contributed by atoms with Gasteiger partial charge in [0.15, 0.2) is 0 Å². The first kappa shape index (κ1) is 10.6. The summed E-state index contributed by atoms with van der Waals surface area (Å²) in [5.74, 6) is 2.87. The van der Waals surface area contributed by atoms with Crippen molar-refractivity contribution in [2.75, 3.05) is 0 Å². The molecule has 5 rings (SSSR count). The molecule has 0 aliphatic heterocycles. The number of hydrogen-bond donors (Lipinski definition) is 1. The van der Waals surface area contributed by atoms with Crippen LogP contribution in [0.5, 0.6) is 0 Å². The molecular formula is C16H24O. The van der Waals surface area contributed by atoms with E-state index in [1.54, 1.807) is 0 Å². The van der Waals surface area contributed by atoms with Gasteiger partial charge in [-0.3, -0.25) is 0 Å². The van der Waals surface area contributed by atoms with E-state index in [1.807, 2.05) is 0 Å². The van der Waals surface area contributed by atoms with Gasteiger partial charge in [0.25, 0.3) is 0 Å². The molecule has 4 bridgehead atoms. The van der Waals surface area contributed by atoms with E-state index in [0.29, 0.717) is 5.41 Å². The zero-order valence-corrected chi connectivity index (χ0v) is 10.7. The van der Waals surface area contributed by atoms with Crippen LogP contribution in [0.3, 0.4) is 0 Å². The Balaban J connectivity index is 1.63. The van der Waals surface area contributed by atoms with Gasteiger partial charge in [-0.1, -0.05) is 6.08 Å². The summed E-state index contributed by atoms with van der Waals surface area (Å²) in [7, 11) is 0. The van der Waals surface area contributed by atoms with Gasteiger partial charge in [-0.15, -0.1) is 0 Å². The first-order valence-corrected chi connectivity index (χ1v) is 7.62. The maximum absolute atomic E-state index is 10.8. The zero-order chi connectivity index (χ0) is 11.5. The Bertz CT molecular complexity index is 319. The lowest BCUT2D eigenvalue weighted by Crippen LogP contribution is -2.52. The summed E-state index contributed by atoms with van der Waals surface area (Å²) in [6.07, 6.45) is 14.3. The number of allylic oxidation sites excluding steroid dienone is 1. The summed E-state index contributed by atoms with van der Waals surface area (Å²) in [5, 5.41) is 10.8. The van der Waals surface area contributed by atoms with E-state index in [-0.39, 0.29) is 6.10 Å². The molecule has 0 heterocycles. The molecule has 4 fully saturated rings. The van der Waals surface area contributed by atoms with Gasteiger partial charge in [-0.05, 0) is 81.1 Å². The second kappa shape index (κ2) is 3.60. The summed E-state index contributed by atoms with van der Waals surface area (Å²) in [5.41, 5.74) is 1.71. The molecule has 1 nitrogen and oxygen atoms in total. The van der Waals surface area contributed by atoms with Crippen molar-refractivity contribution in [1.82, 2.24) is 0 Å². The lowest BCUT2D eigenvalue weighted by molar-refractivity contribution is -0.108. The van der Waals surface area contributed by atoms with E-state index in [1.165, 1.54) is 63.4 Å². The average Bonchev–Trinajstić information content (AvgIpc) is 2.79. The molecule has 0 aromatic heterocycles. The van der Waals surface area contributed by atoms with Crippen LogP contribution in [0, 0.1) is 23.2 Å². The zero-order valence-electron chi connectivity index (χ0n) is 10.7. The minimum absolute atomic E-state index is 0.0848. The van der Waals surface area contributed by atoms with Crippen molar-refractivity contribution in [2.45, 2.75) is 63.9 Å². The predicted molar refractivity (Wildman–Crippen MR) is 68.5 cm³/mol. The highest BCUT2D eigenvalue weighted by molar-refractivity contribution is 5.19. The standard InChI is InChI=1S/C16H24O/c17-15(14-3-1-2-4-14)16-8-11-5-12(9-16)7-13(6-11)10-16/h3,11-13,15,17H,1-2,4-10H2. The van der Waals surface area contributed by atoms with E-state index in [2.05, 4.69) is 6.08 Å². The molecule has 1 unspecified atom stereocenters. The Kier molecular flexibility index (Phi) is 2.25. The molecule has 1 N–H and O–H groups in total. The molecule has 0 radical (unpaired) electrons. The van der Waals surface area contributed by atoms with Crippen LogP contribution < -0.4 is 0 Å². The average molecular weight is 232 g/mol. The van der Waals surface area contributed by atoms with Crippen molar-refractivity contribution < 1.29 is 5.11 Å². The van der Waals surface area contributed by atoms with Gasteiger partial charge in [0.1, 0.15) is 0 Å². The van der Waals surface area contributed by atoms with Crippen LogP contribution in [0.25, 0.3) is 0 Å². The quantitative estimate of drug-likeness (QED) is 0.720. The molecule has 1 heteroatoms. The predicted octanol–water partition coefficient (Wildman–Crippen LogP) is 3.67. The summed E-state index contributed by atoms with van der Waals surface area (Å²) < 4.78 is 0. The van der Waals surface area contributed by atoms with Gasteiger partial charge in [0, 0.05) is 5.41 Å². The number of rotatable bonds is 2. The van der Waals surface area contributed by atoms with E-state index in [4.69, 9.17) is 0 Å². The fraction of sp³-hybridized carbons (Fsp3) is 0.875. The molecule has 5 aliphatic rings. The fourth-order valence-electron chi connectivity index (χ4n) is 5.85. The lowest BCUT2D eigenvalue weighted by Gasteiger charge is -2.58.